The summed E-state index contributed by atoms with van der Waals surface area (Å²) in [6.45, 7) is 5.92. The molecule has 1 heterocycles. The highest BCUT2D eigenvalue weighted by Gasteiger charge is 2.15. The number of hydrogen-bond donors (Lipinski definition) is 1. The van der Waals surface area contributed by atoms with Crippen molar-refractivity contribution in [3.05, 3.63) is 0 Å². The molecule has 1 atom stereocenters. The number of unbranched alkanes of at least 4 members (excludes halogenated alkanes) is 2. The highest BCUT2D eigenvalue weighted by molar-refractivity contribution is 4.74. The van der Waals surface area contributed by atoms with Crippen LogP contribution in [0.2, 0.25) is 0 Å². The van der Waals surface area contributed by atoms with Crippen LogP contribution in [0.4, 0.5) is 0 Å². The van der Waals surface area contributed by atoms with Gasteiger partial charge in [-0.1, -0.05) is 19.8 Å². The highest BCUT2D eigenvalue weighted by Crippen LogP contribution is 2.09. The Labute approximate surface area is 76.1 Å². The van der Waals surface area contributed by atoms with Crippen molar-refractivity contribution in [2.45, 2.75) is 45.1 Å². The number of hydrogen-bond acceptors (Lipinski definition) is 2. The fraction of sp³-hybridized carbons (Fsp3) is 1.00. The van der Waals surface area contributed by atoms with Crippen molar-refractivity contribution in [3.8, 4) is 0 Å². The topological polar surface area (TPSA) is 29.3 Å². The van der Waals surface area contributed by atoms with Gasteiger partial charge in [-0.25, -0.2) is 0 Å². The summed E-state index contributed by atoms with van der Waals surface area (Å²) in [5.41, 5.74) is 5.89. The maximum Gasteiger partial charge on any atom is 0.0168 e. The summed E-state index contributed by atoms with van der Waals surface area (Å²) in [5, 5.41) is 0. The van der Waals surface area contributed by atoms with Crippen LogP contribution >= 0.6 is 0 Å². The van der Waals surface area contributed by atoms with Gasteiger partial charge >= 0.3 is 0 Å². The van der Waals surface area contributed by atoms with E-state index in [-0.39, 0.29) is 0 Å². The van der Waals surface area contributed by atoms with Gasteiger partial charge in [-0.2, -0.15) is 0 Å². The number of nitrogens with zero attached hydrogens (tertiary/aromatic N) is 1. The van der Waals surface area contributed by atoms with Gasteiger partial charge in [0, 0.05) is 12.6 Å². The van der Waals surface area contributed by atoms with E-state index in [0.717, 1.165) is 6.54 Å². The third kappa shape index (κ3) is 3.55. The van der Waals surface area contributed by atoms with Gasteiger partial charge in [-0.3, -0.25) is 0 Å². The van der Waals surface area contributed by atoms with E-state index in [1.807, 2.05) is 0 Å². The summed E-state index contributed by atoms with van der Waals surface area (Å²) < 4.78 is 0. The minimum atomic E-state index is 0.445. The third-order valence-electron chi connectivity index (χ3n) is 2.62. The molecule has 1 rings (SSSR count). The molecule has 72 valence electrons. The quantitative estimate of drug-likeness (QED) is 0.649. The maximum absolute atomic E-state index is 5.89. The highest BCUT2D eigenvalue weighted by atomic mass is 15.1. The molecular weight excluding hydrogens is 148 g/mol. The molecule has 0 saturated carbocycles. The van der Waals surface area contributed by atoms with Gasteiger partial charge in [0.25, 0.3) is 0 Å². The van der Waals surface area contributed by atoms with Crippen LogP contribution in [0, 0.1) is 0 Å². The lowest BCUT2D eigenvalue weighted by molar-refractivity contribution is 0.205. The second-order valence-corrected chi connectivity index (χ2v) is 3.91. The summed E-state index contributed by atoms with van der Waals surface area (Å²) in [6.07, 6.45) is 6.56. The van der Waals surface area contributed by atoms with Crippen molar-refractivity contribution in [3.63, 3.8) is 0 Å². The fourth-order valence-corrected chi connectivity index (χ4v) is 1.88. The first-order valence-electron chi connectivity index (χ1n) is 5.31. The van der Waals surface area contributed by atoms with Crippen molar-refractivity contribution < 1.29 is 0 Å². The molecular formula is C10H22N2. The van der Waals surface area contributed by atoms with Gasteiger partial charge in [0.05, 0.1) is 0 Å². The first-order chi connectivity index (χ1) is 5.83. The van der Waals surface area contributed by atoms with Crippen LogP contribution in [0.15, 0.2) is 0 Å². The zero-order valence-corrected chi connectivity index (χ0v) is 8.26. The molecule has 1 aliphatic rings. The normalized spacial score (nSPS) is 26.0. The van der Waals surface area contributed by atoms with Crippen LogP contribution < -0.4 is 5.73 Å². The second kappa shape index (κ2) is 5.55. The van der Waals surface area contributed by atoms with Gasteiger partial charge in [0.15, 0.2) is 0 Å². The Morgan fingerprint density at radius 2 is 2.25 bits per heavy atom. The Hall–Kier alpha value is -0.0800. The smallest absolute Gasteiger partial charge is 0.0168 e. The van der Waals surface area contributed by atoms with Crippen LogP contribution in [-0.2, 0) is 0 Å². The van der Waals surface area contributed by atoms with Gasteiger partial charge in [0.1, 0.15) is 0 Å². The van der Waals surface area contributed by atoms with E-state index in [4.69, 9.17) is 5.73 Å². The molecule has 0 aliphatic carbocycles. The molecule has 2 N–H and O–H groups in total. The molecule has 0 bridgehead atoms. The lowest BCUT2D eigenvalue weighted by atomic mass is 10.1. The van der Waals surface area contributed by atoms with E-state index in [0.29, 0.717) is 6.04 Å². The molecule has 12 heavy (non-hydrogen) atoms. The van der Waals surface area contributed by atoms with E-state index in [2.05, 4.69) is 11.8 Å². The van der Waals surface area contributed by atoms with E-state index >= 15 is 0 Å². The maximum atomic E-state index is 5.89. The van der Waals surface area contributed by atoms with Crippen molar-refractivity contribution in [2.75, 3.05) is 19.6 Å². The minimum Gasteiger partial charge on any atom is -0.327 e. The fourth-order valence-electron chi connectivity index (χ4n) is 1.88. The molecule has 0 aromatic carbocycles. The van der Waals surface area contributed by atoms with Crippen molar-refractivity contribution in [1.29, 1.82) is 0 Å². The zero-order valence-electron chi connectivity index (χ0n) is 8.26. The predicted octanol–water partition coefficient (Wildman–Crippen LogP) is 1.60. The Morgan fingerprint density at radius 3 is 2.92 bits per heavy atom. The van der Waals surface area contributed by atoms with Crippen LogP contribution in [0.5, 0.6) is 0 Å². The largest absolute Gasteiger partial charge is 0.327 e. The predicted molar refractivity (Wildman–Crippen MR) is 53.2 cm³/mol. The van der Waals surface area contributed by atoms with E-state index in [1.54, 1.807) is 0 Å². The number of likely N-dealkylation sites (tertiary alicyclic amines) is 1. The summed E-state index contributed by atoms with van der Waals surface area (Å²) in [6, 6.07) is 0.445. The Bertz CT molecular complexity index is 114. The van der Waals surface area contributed by atoms with Crippen molar-refractivity contribution in [1.82, 2.24) is 4.90 Å². The Balaban J connectivity index is 2.06. The Kier molecular flexibility index (Phi) is 4.62. The number of piperidine rings is 1. The monoisotopic (exact) mass is 170 g/mol. The molecule has 0 aromatic heterocycles. The van der Waals surface area contributed by atoms with Gasteiger partial charge in [-0.15, -0.1) is 0 Å². The molecule has 0 radical (unpaired) electrons. The lowest BCUT2D eigenvalue weighted by Crippen LogP contribution is -2.43. The molecule has 1 fully saturated rings. The lowest BCUT2D eigenvalue weighted by Gasteiger charge is -2.30. The van der Waals surface area contributed by atoms with E-state index in [9.17, 15) is 0 Å². The molecule has 1 aliphatic heterocycles. The van der Waals surface area contributed by atoms with Crippen molar-refractivity contribution >= 4 is 0 Å². The first-order valence-corrected chi connectivity index (χ1v) is 5.31. The average Bonchev–Trinajstić information content (AvgIpc) is 2.05. The van der Waals surface area contributed by atoms with E-state index in [1.165, 1.54) is 45.2 Å². The number of rotatable bonds is 4. The standard InChI is InChI=1S/C10H22N2/c1-2-3-4-7-12-8-5-6-10(11)9-12/h10H,2-9,11H2,1H3/t10-/m1/s1. The molecule has 0 spiro atoms. The minimum absolute atomic E-state index is 0.445. The summed E-state index contributed by atoms with van der Waals surface area (Å²) in [7, 11) is 0. The molecule has 1 saturated heterocycles. The van der Waals surface area contributed by atoms with Gasteiger partial charge < -0.3 is 10.6 Å². The average molecular weight is 170 g/mol. The zero-order chi connectivity index (χ0) is 8.81. The SMILES string of the molecule is CCCCCN1CCC[C@@H](N)C1. The van der Waals surface area contributed by atoms with Gasteiger partial charge in [-0.05, 0) is 32.4 Å². The van der Waals surface area contributed by atoms with Crippen LogP contribution in [0.1, 0.15) is 39.0 Å². The molecule has 2 nitrogen and oxygen atoms in total. The first kappa shape index (κ1) is 10.0. The Morgan fingerprint density at radius 1 is 1.42 bits per heavy atom. The van der Waals surface area contributed by atoms with Crippen LogP contribution in [0.25, 0.3) is 0 Å². The summed E-state index contributed by atoms with van der Waals surface area (Å²) in [4.78, 5) is 2.52. The van der Waals surface area contributed by atoms with E-state index < -0.39 is 0 Å². The number of nitrogens with two attached hydrogens (primary N) is 1. The van der Waals surface area contributed by atoms with Crippen LogP contribution in [-0.4, -0.2) is 30.6 Å². The molecule has 0 amide bonds. The van der Waals surface area contributed by atoms with Crippen molar-refractivity contribution in [2.24, 2.45) is 5.73 Å². The molecule has 2 heteroatoms. The third-order valence-corrected chi connectivity index (χ3v) is 2.62. The summed E-state index contributed by atoms with van der Waals surface area (Å²) in [5.74, 6) is 0. The second-order valence-electron chi connectivity index (χ2n) is 3.91. The summed E-state index contributed by atoms with van der Waals surface area (Å²) >= 11 is 0. The molecule has 0 aromatic rings. The van der Waals surface area contributed by atoms with Gasteiger partial charge in [0.2, 0.25) is 0 Å². The van der Waals surface area contributed by atoms with Crippen LogP contribution in [0.3, 0.4) is 0 Å². The molecule has 0 unspecified atom stereocenters.